The van der Waals surface area contributed by atoms with Crippen LogP contribution in [0, 0.1) is 40.8 Å². The van der Waals surface area contributed by atoms with Gasteiger partial charge in [-0.1, -0.05) is 19.9 Å². The van der Waals surface area contributed by atoms with Crippen molar-refractivity contribution in [1.82, 2.24) is 25.3 Å². The van der Waals surface area contributed by atoms with E-state index in [0.717, 1.165) is 27.8 Å². The molecule has 5 atom stereocenters. The number of benzene rings is 3. The van der Waals surface area contributed by atoms with Crippen LogP contribution in [-0.4, -0.2) is 140 Å². The van der Waals surface area contributed by atoms with Gasteiger partial charge in [0, 0.05) is 80.7 Å². The Morgan fingerprint density at radius 1 is 0.658 bits per heavy atom. The minimum atomic E-state index is -1.36. The first-order valence-corrected chi connectivity index (χ1v) is 27.6. The predicted molar refractivity (Wildman–Crippen MR) is 281 cm³/mol. The number of carboxylic acids is 1. The van der Waals surface area contributed by atoms with Gasteiger partial charge in [0.05, 0.1) is 6.61 Å². The molecule has 0 saturated carbocycles. The molecule has 0 aromatic heterocycles. The third kappa shape index (κ3) is 18.6. The van der Waals surface area contributed by atoms with Gasteiger partial charge >= 0.3 is 24.1 Å². The molecule has 3 unspecified atom stereocenters. The number of carboxylic acid groups (broad SMARTS) is 1. The molecular formula is C54H67F6N5O12S2. The fourth-order valence-electron chi connectivity index (χ4n) is 8.56. The first-order chi connectivity index (χ1) is 36.9. The number of alkyl carbamates (subject to hydrolysis) is 2. The smallest absolute Gasteiger partial charge is 0.407 e. The molecule has 3 aromatic rings. The van der Waals surface area contributed by atoms with Gasteiger partial charge in [-0.25, -0.2) is 45.5 Å². The lowest BCUT2D eigenvalue weighted by Gasteiger charge is -2.34. The second-order valence-electron chi connectivity index (χ2n) is 21.2. The van der Waals surface area contributed by atoms with Crippen molar-refractivity contribution in [3.8, 4) is 5.75 Å². The van der Waals surface area contributed by atoms with E-state index in [1.54, 1.807) is 59.4 Å². The summed E-state index contributed by atoms with van der Waals surface area (Å²) in [4.78, 5) is 93.0. The first kappa shape index (κ1) is 63.5. The summed E-state index contributed by atoms with van der Waals surface area (Å²) in [5.74, 6) is -8.95. The van der Waals surface area contributed by atoms with E-state index in [4.69, 9.17) is 18.9 Å². The molecule has 3 heterocycles. The highest BCUT2D eigenvalue weighted by Gasteiger charge is 2.40. The number of hydrogen-bond donors (Lipinski definition) is 3. The van der Waals surface area contributed by atoms with Gasteiger partial charge in [0.1, 0.15) is 28.6 Å². The molecule has 17 nitrogen and oxygen atoms in total. The number of amides is 5. The molecule has 3 aliphatic heterocycles. The minimum Gasteiger partial charge on any atom is -0.479 e. The predicted octanol–water partition coefficient (Wildman–Crippen LogP) is 8.30. The van der Waals surface area contributed by atoms with Crippen molar-refractivity contribution in [3.63, 3.8) is 0 Å². The molecule has 2 saturated heterocycles. The van der Waals surface area contributed by atoms with Crippen LogP contribution in [0.2, 0.25) is 0 Å². The zero-order valence-electron chi connectivity index (χ0n) is 45.4. The van der Waals surface area contributed by atoms with Crippen molar-refractivity contribution in [2.75, 3.05) is 37.7 Å². The van der Waals surface area contributed by atoms with Crippen LogP contribution in [-0.2, 0) is 64.0 Å². The Hall–Kier alpha value is -6.37. The number of nitrogens with one attached hydrogen (secondary N) is 2. The van der Waals surface area contributed by atoms with Crippen molar-refractivity contribution in [2.45, 2.75) is 141 Å². The number of rotatable bonds is 17. The molecule has 0 spiro atoms. The lowest BCUT2D eigenvalue weighted by atomic mass is 9.99. The third-order valence-electron chi connectivity index (χ3n) is 12.1. The number of fused-ring (bicyclic) bond motifs is 1. The van der Waals surface area contributed by atoms with Gasteiger partial charge in [-0.3, -0.25) is 14.4 Å². The summed E-state index contributed by atoms with van der Waals surface area (Å²) in [5.41, 5.74) is -0.278. The Balaban J connectivity index is 0.000000327. The fraction of sp³-hybridized carbons (Fsp3) is 0.537. The Kier molecular flexibility index (Phi) is 22.2. The number of carbonyl (C=O) groups is 7. The topological polar surface area (TPSA) is 210 Å². The maximum absolute atomic E-state index is 14.6. The average molecular weight is 1160 g/mol. The Bertz CT molecular complexity index is 2730. The van der Waals surface area contributed by atoms with E-state index >= 15 is 0 Å². The summed E-state index contributed by atoms with van der Waals surface area (Å²) in [6.07, 6.45) is -3.32. The molecule has 79 heavy (non-hydrogen) atoms. The Morgan fingerprint density at radius 2 is 1.13 bits per heavy atom. The number of thioether (sulfide) groups is 2. The van der Waals surface area contributed by atoms with Gasteiger partial charge in [-0.05, 0) is 114 Å². The highest BCUT2D eigenvalue weighted by atomic mass is 32.2. The number of ether oxygens (including phenoxy) is 4. The molecule has 6 rings (SSSR count). The molecule has 3 aliphatic rings. The SMILES string of the molecule is CC(C)(C)OC(=O)N[C@@H](CC(=O)N1CCSC1C(=O)O)Cc1cc(F)c(F)cc1F.CCOC(=O)C(Oc1ccc2c(c1)CN(C(=O)C1SCCN1C(=O)C[C@@H](Cc1cc(F)c(F)cc1F)NC(=O)OC(C)(C)C)CC2)C(C)C. The Morgan fingerprint density at radius 3 is 1.58 bits per heavy atom. The van der Waals surface area contributed by atoms with E-state index < -0.39 is 111 Å². The molecule has 2 fully saturated rings. The van der Waals surface area contributed by atoms with E-state index in [0.29, 0.717) is 54.5 Å². The van der Waals surface area contributed by atoms with Crippen LogP contribution in [0.25, 0.3) is 0 Å². The molecule has 434 valence electrons. The van der Waals surface area contributed by atoms with E-state index in [2.05, 4.69) is 10.6 Å². The summed E-state index contributed by atoms with van der Waals surface area (Å²) in [6.45, 7) is 16.7. The zero-order valence-corrected chi connectivity index (χ0v) is 47.0. The summed E-state index contributed by atoms with van der Waals surface area (Å²) < 4.78 is 105. The molecule has 0 radical (unpaired) electrons. The minimum absolute atomic E-state index is 0.133. The number of halogens is 6. The molecule has 0 bridgehead atoms. The maximum atomic E-state index is 14.6. The van der Waals surface area contributed by atoms with E-state index in [-0.39, 0.29) is 74.9 Å². The molecule has 25 heteroatoms. The van der Waals surface area contributed by atoms with Gasteiger partial charge < -0.3 is 49.4 Å². The van der Waals surface area contributed by atoms with Gasteiger partial charge in [0.15, 0.2) is 40.1 Å². The van der Waals surface area contributed by atoms with E-state index in [1.807, 2.05) is 26.0 Å². The van der Waals surface area contributed by atoms with Crippen LogP contribution in [0.4, 0.5) is 35.9 Å². The number of aliphatic carboxylic acids is 1. The second-order valence-corrected chi connectivity index (χ2v) is 23.5. The summed E-state index contributed by atoms with van der Waals surface area (Å²) in [7, 11) is 0. The number of hydrogen-bond acceptors (Lipinski definition) is 13. The second kappa shape index (κ2) is 27.7. The fourth-order valence-corrected chi connectivity index (χ4v) is 10.9. The molecule has 5 amide bonds. The quantitative estimate of drug-likeness (QED) is 0.0503. The standard InChI is InChI=1S/C35H44F3N3O7S.C19H23F3N2O5S/c1-7-46-33(44)30(20(2)3)47-25-9-8-21-10-11-40(19-23(21)15-25)31(43)32-41(12-13-49-32)29(42)17-24(39-34(45)48-35(4,5)6)14-22-16-27(37)28(38)18-26(22)36;1-19(2,3)29-18(28)23-11(6-10-7-13(21)14(22)9-12(10)20)8-15(25)24-4-5-30-16(24)17(26)27/h8-9,15-16,18,20,24,30,32H,7,10-14,17,19H2,1-6H3,(H,39,45);7,9,11,16H,4-6,8H2,1-3H3,(H,23,28)(H,26,27)/t24-,30?,32?;11-,16?/m11/s1. The third-order valence-corrected chi connectivity index (χ3v) is 14.5. The van der Waals surface area contributed by atoms with Crippen LogP contribution >= 0.6 is 23.5 Å². The maximum Gasteiger partial charge on any atom is 0.407 e. The van der Waals surface area contributed by atoms with Gasteiger partial charge in [-0.2, -0.15) is 0 Å². The molecule has 0 aliphatic carbocycles. The van der Waals surface area contributed by atoms with Gasteiger partial charge in [-0.15, -0.1) is 23.5 Å². The summed E-state index contributed by atoms with van der Waals surface area (Å²) in [6, 6.07) is 5.60. The first-order valence-electron chi connectivity index (χ1n) is 25.5. The van der Waals surface area contributed by atoms with E-state index in [9.17, 15) is 65.0 Å². The highest BCUT2D eigenvalue weighted by Crippen LogP contribution is 2.32. The summed E-state index contributed by atoms with van der Waals surface area (Å²) >= 11 is 2.41. The van der Waals surface area contributed by atoms with Crippen molar-refractivity contribution in [1.29, 1.82) is 0 Å². The highest BCUT2D eigenvalue weighted by molar-refractivity contribution is 8.01. The lowest BCUT2D eigenvalue weighted by molar-refractivity contribution is -0.153. The largest absolute Gasteiger partial charge is 0.479 e. The monoisotopic (exact) mass is 1160 g/mol. The van der Waals surface area contributed by atoms with Gasteiger partial charge in [0.25, 0.3) is 5.91 Å². The van der Waals surface area contributed by atoms with Crippen LogP contribution < -0.4 is 15.4 Å². The normalized spacial score (nSPS) is 17.4. The van der Waals surface area contributed by atoms with Crippen LogP contribution in [0.15, 0.2) is 42.5 Å². The van der Waals surface area contributed by atoms with Crippen LogP contribution in [0.5, 0.6) is 5.75 Å². The van der Waals surface area contributed by atoms with Crippen LogP contribution in [0.1, 0.15) is 97.4 Å². The molecule has 3 N–H and O–H groups in total. The van der Waals surface area contributed by atoms with Crippen LogP contribution in [0.3, 0.4) is 0 Å². The van der Waals surface area contributed by atoms with Crippen molar-refractivity contribution in [3.05, 3.63) is 99.6 Å². The number of esters is 1. The Labute approximate surface area is 463 Å². The summed E-state index contributed by atoms with van der Waals surface area (Å²) in [5, 5.41) is 12.3. The number of carbonyl (C=O) groups excluding carboxylic acids is 6. The zero-order chi connectivity index (χ0) is 58.7. The number of nitrogens with zero attached hydrogens (tertiary/aromatic N) is 3. The van der Waals surface area contributed by atoms with Crippen molar-refractivity contribution in [2.24, 2.45) is 5.92 Å². The molecule has 3 aromatic carbocycles. The lowest BCUT2D eigenvalue weighted by Crippen LogP contribution is -2.50. The van der Waals surface area contributed by atoms with Gasteiger partial charge in [0.2, 0.25) is 11.8 Å². The van der Waals surface area contributed by atoms with Crippen molar-refractivity contribution >= 4 is 65.4 Å². The van der Waals surface area contributed by atoms with E-state index in [1.165, 1.54) is 16.7 Å². The molecular weight excluding hydrogens is 1090 g/mol. The average Bonchev–Trinajstić information content (AvgIpc) is 4.07. The van der Waals surface area contributed by atoms with Crippen molar-refractivity contribution < 1.29 is 84.0 Å².